The third kappa shape index (κ3) is 4.85. The SMILES string of the molecule is COC=O.Cc1ccc(O)c(C)c1. The Balaban J connectivity index is 0.000000310. The molecule has 0 saturated carbocycles. The molecule has 0 saturated heterocycles. The lowest BCUT2D eigenvalue weighted by atomic mass is 10.1. The van der Waals surface area contributed by atoms with Crippen LogP contribution in [0.5, 0.6) is 5.75 Å². The molecule has 0 amide bonds. The van der Waals surface area contributed by atoms with E-state index in [2.05, 4.69) is 4.74 Å². The van der Waals surface area contributed by atoms with Crippen LogP contribution in [-0.4, -0.2) is 18.7 Å². The molecule has 0 spiro atoms. The summed E-state index contributed by atoms with van der Waals surface area (Å²) in [6.45, 7) is 4.27. The van der Waals surface area contributed by atoms with Crippen LogP contribution in [0.1, 0.15) is 11.1 Å². The van der Waals surface area contributed by atoms with E-state index in [1.54, 1.807) is 6.07 Å². The van der Waals surface area contributed by atoms with E-state index in [9.17, 15) is 0 Å². The van der Waals surface area contributed by atoms with Crippen molar-refractivity contribution in [1.82, 2.24) is 0 Å². The van der Waals surface area contributed by atoms with Crippen LogP contribution >= 0.6 is 0 Å². The van der Waals surface area contributed by atoms with Gasteiger partial charge in [0.15, 0.2) is 0 Å². The van der Waals surface area contributed by atoms with Crippen molar-refractivity contribution < 1.29 is 14.6 Å². The topological polar surface area (TPSA) is 46.5 Å². The zero-order valence-corrected chi connectivity index (χ0v) is 8.07. The minimum Gasteiger partial charge on any atom is -0.508 e. The Labute approximate surface area is 78.0 Å². The van der Waals surface area contributed by atoms with Gasteiger partial charge >= 0.3 is 0 Å². The number of aryl methyl sites for hydroxylation is 2. The van der Waals surface area contributed by atoms with Gasteiger partial charge in [-0.05, 0) is 25.5 Å². The molecule has 0 bridgehead atoms. The van der Waals surface area contributed by atoms with Gasteiger partial charge in [0.05, 0.1) is 7.11 Å². The van der Waals surface area contributed by atoms with Crippen molar-refractivity contribution in [2.75, 3.05) is 7.11 Å². The standard InChI is InChI=1S/C8H10O.C2H4O2/c1-6-3-4-8(9)7(2)5-6;1-4-2-3/h3-5,9H,1-2H3;2H,1H3. The molecular weight excluding hydrogens is 168 g/mol. The van der Waals surface area contributed by atoms with E-state index in [0.717, 1.165) is 5.56 Å². The largest absolute Gasteiger partial charge is 0.508 e. The number of phenolic OH excluding ortho intramolecular Hbond substituents is 1. The Morgan fingerprint density at radius 2 is 1.92 bits per heavy atom. The number of aromatic hydroxyl groups is 1. The molecule has 0 radical (unpaired) electrons. The number of carbonyl (C=O) groups is 1. The summed E-state index contributed by atoms with van der Waals surface area (Å²) in [5.74, 6) is 0.376. The van der Waals surface area contributed by atoms with Crippen LogP contribution in [0, 0.1) is 13.8 Å². The highest BCUT2D eigenvalue weighted by Crippen LogP contribution is 2.15. The van der Waals surface area contributed by atoms with Gasteiger partial charge in [-0.3, -0.25) is 4.79 Å². The number of phenols is 1. The highest BCUT2D eigenvalue weighted by molar-refractivity contribution is 5.36. The van der Waals surface area contributed by atoms with Gasteiger partial charge in [0, 0.05) is 0 Å². The van der Waals surface area contributed by atoms with Crippen LogP contribution in [0.2, 0.25) is 0 Å². The number of hydrogen-bond donors (Lipinski definition) is 1. The van der Waals surface area contributed by atoms with Gasteiger partial charge in [0.2, 0.25) is 0 Å². The van der Waals surface area contributed by atoms with Crippen LogP contribution in [0.25, 0.3) is 0 Å². The maximum Gasteiger partial charge on any atom is 0.292 e. The summed E-state index contributed by atoms with van der Waals surface area (Å²) in [6.07, 6.45) is 0. The number of benzene rings is 1. The van der Waals surface area contributed by atoms with Gasteiger partial charge in [0.25, 0.3) is 6.47 Å². The number of ether oxygens (including phenoxy) is 1. The summed E-state index contributed by atoms with van der Waals surface area (Å²) in [6, 6.07) is 5.56. The van der Waals surface area contributed by atoms with Crippen LogP contribution in [0.3, 0.4) is 0 Å². The Kier molecular flexibility index (Phi) is 5.35. The normalized spacial score (nSPS) is 8.23. The zero-order valence-electron chi connectivity index (χ0n) is 8.07. The first-order valence-corrected chi connectivity index (χ1v) is 3.84. The lowest BCUT2D eigenvalue weighted by molar-refractivity contribution is -0.126. The van der Waals surface area contributed by atoms with Crippen molar-refractivity contribution >= 4 is 6.47 Å². The lowest BCUT2D eigenvalue weighted by Crippen LogP contribution is -1.75. The molecule has 1 N–H and O–H groups in total. The smallest absolute Gasteiger partial charge is 0.292 e. The Hall–Kier alpha value is -1.51. The monoisotopic (exact) mass is 182 g/mol. The fraction of sp³-hybridized carbons (Fsp3) is 0.300. The molecule has 0 unspecified atom stereocenters. The second-order valence-electron chi connectivity index (χ2n) is 2.62. The average molecular weight is 182 g/mol. The van der Waals surface area contributed by atoms with Gasteiger partial charge in [-0.1, -0.05) is 17.7 Å². The molecule has 72 valence electrons. The maximum absolute atomic E-state index is 9.04. The second kappa shape index (κ2) is 6.06. The first-order chi connectivity index (χ1) is 6.11. The molecule has 0 aliphatic carbocycles. The number of methoxy groups -OCH3 is 1. The molecule has 0 aliphatic rings. The summed E-state index contributed by atoms with van der Waals surface area (Å²) in [7, 11) is 1.31. The first-order valence-electron chi connectivity index (χ1n) is 3.84. The quantitative estimate of drug-likeness (QED) is 0.673. The molecule has 1 aromatic rings. The van der Waals surface area contributed by atoms with Crippen LogP contribution in [0.15, 0.2) is 18.2 Å². The summed E-state index contributed by atoms with van der Waals surface area (Å²) >= 11 is 0. The van der Waals surface area contributed by atoms with Crippen molar-refractivity contribution in [1.29, 1.82) is 0 Å². The predicted molar refractivity (Wildman–Crippen MR) is 50.7 cm³/mol. The van der Waals surface area contributed by atoms with Crippen LogP contribution in [0.4, 0.5) is 0 Å². The molecular formula is C10H14O3. The highest BCUT2D eigenvalue weighted by atomic mass is 16.5. The molecule has 0 aliphatic heterocycles. The van der Waals surface area contributed by atoms with E-state index >= 15 is 0 Å². The van der Waals surface area contributed by atoms with E-state index < -0.39 is 0 Å². The first kappa shape index (κ1) is 11.5. The van der Waals surface area contributed by atoms with Crippen LogP contribution < -0.4 is 0 Å². The Morgan fingerprint density at radius 3 is 2.23 bits per heavy atom. The molecule has 3 nitrogen and oxygen atoms in total. The number of carbonyl (C=O) groups excluding carboxylic acids is 1. The molecule has 13 heavy (non-hydrogen) atoms. The average Bonchev–Trinajstić information content (AvgIpc) is 2.12. The molecule has 0 heterocycles. The zero-order chi connectivity index (χ0) is 10.3. The highest BCUT2D eigenvalue weighted by Gasteiger charge is 1.91. The van der Waals surface area contributed by atoms with E-state index in [4.69, 9.17) is 9.90 Å². The maximum atomic E-state index is 9.04. The lowest BCUT2D eigenvalue weighted by Gasteiger charge is -1.97. The molecule has 1 aromatic carbocycles. The van der Waals surface area contributed by atoms with E-state index in [1.165, 1.54) is 12.7 Å². The molecule has 0 atom stereocenters. The van der Waals surface area contributed by atoms with Gasteiger partial charge in [0.1, 0.15) is 5.75 Å². The minimum absolute atomic E-state index is 0.375. The van der Waals surface area contributed by atoms with Gasteiger partial charge < -0.3 is 9.84 Å². The van der Waals surface area contributed by atoms with Gasteiger partial charge in [-0.2, -0.15) is 0 Å². The Bertz CT molecular complexity index is 269. The summed E-state index contributed by atoms with van der Waals surface area (Å²) in [4.78, 5) is 8.95. The second-order valence-corrected chi connectivity index (χ2v) is 2.62. The number of hydrogen-bond acceptors (Lipinski definition) is 3. The molecule has 1 rings (SSSR count). The third-order valence-corrected chi connectivity index (χ3v) is 1.45. The fourth-order valence-corrected chi connectivity index (χ4v) is 0.805. The Morgan fingerprint density at radius 1 is 1.38 bits per heavy atom. The molecule has 0 aromatic heterocycles. The molecule has 0 fully saturated rings. The number of rotatable bonds is 1. The van der Waals surface area contributed by atoms with Crippen molar-refractivity contribution in [2.24, 2.45) is 0 Å². The summed E-state index contributed by atoms with van der Waals surface area (Å²) in [5, 5.41) is 9.04. The molecule has 3 heteroatoms. The van der Waals surface area contributed by atoms with Crippen molar-refractivity contribution in [3.05, 3.63) is 29.3 Å². The van der Waals surface area contributed by atoms with Crippen molar-refractivity contribution in [2.45, 2.75) is 13.8 Å². The van der Waals surface area contributed by atoms with E-state index in [0.29, 0.717) is 12.2 Å². The van der Waals surface area contributed by atoms with Crippen molar-refractivity contribution in [3.8, 4) is 5.75 Å². The third-order valence-electron chi connectivity index (χ3n) is 1.45. The van der Waals surface area contributed by atoms with E-state index in [1.807, 2.05) is 26.0 Å². The van der Waals surface area contributed by atoms with Crippen LogP contribution in [-0.2, 0) is 9.53 Å². The predicted octanol–water partition coefficient (Wildman–Crippen LogP) is 1.80. The van der Waals surface area contributed by atoms with Gasteiger partial charge in [-0.25, -0.2) is 0 Å². The van der Waals surface area contributed by atoms with E-state index in [-0.39, 0.29) is 0 Å². The fourth-order valence-electron chi connectivity index (χ4n) is 0.805. The summed E-state index contributed by atoms with van der Waals surface area (Å²) < 4.78 is 3.86. The van der Waals surface area contributed by atoms with Gasteiger partial charge in [-0.15, -0.1) is 0 Å². The summed E-state index contributed by atoms with van der Waals surface area (Å²) in [5.41, 5.74) is 2.13. The van der Waals surface area contributed by atoms with Crippen molar-refractivity contribution in [3.63, 3.8) is 0 Å². The minimum atomic E-state index is 0.375.